The predicted molar refractivity (Wildman–Crippen MR) is 82.8 cm³/mol. The Balaban J connectivity index is 1.79. The fourth-order valence-corrected chi connectivity index (χ4v) is 3.30. The average Bonchev–Trinajstić information content (AvgIpc) is 2.78. The number of allylic oxidation sites excluding steroid dienone is 1. The highest BCUT2D eigenvalue weighted by molar-refractivity contribution is 8.18. The van der Waals surface area contributed by atoms with Gasteiger partial charge in [0.15, 0.2) is 5.78 Å². The summed E-state index contributed by atoms with van der Waals surface area (Å²) in [6, 6.07) is 1.76. The van der Waals surface area contributed by atoms with Crippen LogP contribution in [0.5, 0.6) is 0 Å². The van der Waals surface area contributed by atoms with Crippen molar-refractivity contribution < 1.29 is 9.59 Å². The fourth-order valence-electron chi connectivity index (χ4n) is 2.48. The molecule has 2 aliphatic heterocycles. The summed E-state index contributed by atoms with van der Waals surface area (Å²) in [7, 11) is 0. The molecular formula is C15H17N3O2S. The van der Waals surface area contributed by atoms with Crippen LogP contribution in [-0.2, 0) is 9.59 Å². The Kier molecular flexibility index (Phi) is 4.05. The van der Waals surface area contributed by atoms with Gasteiger partial charge in [-0.25, -0.2) is 9.97 Å². The van der Waals surface area contributed by atoms with E-state index in [9.17, 15) is 9.59 Å². The number of Topliss-reactive ketones (excluding diaryl/α,β-unsaturated/α-hetero) is 1. The molecule has 0 unspecified atom stereocenters. The van der Waals surface area contributed by atoms with E-state index < -0.39 is 0 Å². The summed E-state index contributed by atoms with van der Waals surface area (Å²) in [5.41, 5.74) is 0.684. The number of nitrogens with zero attached hydrogens (tertiary/aromatic N) is 3. The number of piperidine rings is 1. The maximum Gasteiger partial charge on any atom is 0.225 e. The molecule has 0 aliphatic carbocycles. The molecule has 1 aromatic heterocycles. The van der Waals surface area contributed by atoms with Gasteiger partial charge in [0.2, 0.25) is 11.1 Å². The SMILES string of the molecule is CC1CCN(c2nccc(/C=C3\SC(=O)CC3=O)n2)CC1. The van der Waals surface area contributed by atoms with Crippen LogP contribution in [-0.4, -0.2) is 34.0 Å². The first kappa shape index (κ1) is 14.3. The summed E-state index contributed by atoms with van der Waals surface area (Å²) in [4.78, 5) is 34.4. The first-order chi connectivity index (χ1) is 10.1. The summed E-state index contributed by atoms with van der Waals surface area (Å²) in [6.45, 7) is 4.19. The van der Waals surface area contributed by atoms with Crippen LogP contribution in [0.1, 0.15) is 31.9 Å². The molecule has 1 aromatic rings. The van der Waals surface area contributed by atoms with Crippen LogP contribution >= 0.6 is 11.8 Å². The zero-order valence-electron chi connectivity index (χ0n) is 11.9. The number of ketones is 1. The summed E-state index contributed by atoms with van der Waals surface area (Å²) in [5.74, 6) is 1.35. The molecule has 0 saturated carbocycles. The van der Waals surface area contributed by atoms with Gasteiger partial charge in [-0.15, -0.1) is 0 Å². The highest BCUT2D eigenvalue weighted by atomic mass is 32.2. The highest BCUT2D eigenvalue weighted by Crippen LogP contribution is 2.30. The van der Waals surface area contributed by atoms with Crippen LogP contribution < -0.4 is 4.90 Å². The molecule has 21 heavy (non-hydrogen) atoms. The van der Waals surface area contributed by atoms with Crippen molar-refractivity contribution in [2.45, 2.75) is 26.2 Å². The standard InChI is InChI=1S/C15H17N3O2S/c1-10-3-6-18(7-4-10)15-16-5-2-11(17-15)8-13-12(19)9-14(20)21-13/h2,5,8,10H,3-4,6-7,9H2,1H3/b13-8-. The molecule has 0 aromatic carbocycles. The molecule has 3 rings (SSSR count). The Bertz CT molecular complexity index is 607. The van der Waals surface area contributed by atoms with Crippen molar-refractivity contribution in [1.29, 1.82) is 0 Å². The van der Waals surface area contributed by atoms with E-state index in [4.69, 9.17) is 0 Å². The van der Waals surface area contributed by atoms with E-state index in [2.05, 4.69) is 21.8 Å². The van der Waals surface area contributed by atoms with Gasteiger partial charge in [0.1, 0.15) is 0 Å². The first-order valence-corrected chi connectivity index (χ1v) is 7.97. The molecule has 5 nitrogen and oxygen atoms in total. The molecule has 0 atom stereocenters. The normalized spacial score (nSPS) is 22.3. The molecule has 6 heteroatoms. The summed E-state index contributed by atoms with van der Waals surface area (Å²) >= 11 is 1.01. The second-order valence-corrected chi connectivity index (χ2v) is 6.63. The lowest BCUT2D eigenvalue weighted by molar-refractivity contribution is -0.119. The van der Waals surface area contributed by atoms with Crippen LogP contribution in [0.25, 0.3) is 6.08 Å². The van der Waals surface area contributed by atoms with Crippen molar-refractivity contribution in [1.82, 2.24) is 9.97 Å². The third-order valence-electron chi connectivity index (χ3n) is 3.81. The number of rotatable bonds is 2. The lowest BCUT2D eigenvalue weighted by Gasteiger charge is -2.30. The molecular weight excluding hydrogens is 286 g/mol. The Hall–Kier alpha value is -1.69. The van der Waals surface area contributed by atoms with Gasteiger partial charge < -0.3 is 4.90 Å². The van der Waals surface area contributed by atoms with Crippen molar-refractivity contribution in [3.05, 3.63) is 22.9 Å². The zero-order valence-corrected chi connectivity index (χ0v) is 12.7. The highest BCUT2D eigenvalue weighted by Gasteiger charge is 2.26. The van der Waals surface area contributed by atoms with Crippen molar-refractivity contribution >= 4 is 34.7 Å². The van der Waals surface area contributed by atoms with Gasteiger partial charge in [0, 0.05) is 19.3 Å². The molecule has 2 aliphatic rings. The van der Waals surface area contributed by atoms with Gasteiger partial charge in [-0.3, -0.25) is 9.59 Å². The largest absolute Gasteiger partial charge is 0.341 e. The van der Waals surface area contributed by atoms with Gasteiger partial charge in [-0.2, -0.15) is 0 Å². The molecule has 0 spiro atoms. The molecule has 110 valence electrons. The second-order valence-electron chi connectivity index (χ2n) is 5.53. The van der Waals surface area contributed by atoms with E-state index in [1.807, 2.05) is 0 Å². The van der Waals surface area contributed by atoms with E-state index in [1.54, 1.807) is 18.3 Å². The Morgan fingerprint density at radius 3 is 2.76 bits per heavy atom. The third-order valence-corrected chi connectivity index (χ3v) is 4.75. The summed E-state index contributed by atoms with van der Waals surface area (Å²) < 4.78 is 0. The lowest BCUT2D eigenvalue weighted by Crippen LogP contribution is -2.34. The van der Waals surface area contributed by atoms with Gasteiger partial charge in [0.25, 0.3) is 0 Å². The molecule has 0 bridgehead atoms. The van der Waals surface area contributed by atoms with Crippen molar-refractivity contribution in [2.75, 3.05) is 18.0 Å². The van der Waals surface area contributed by atoms with E-state index in [0.717, 1.165) is 43.6 Å². The fraction of sp³-hybridized carbons (Fsp3) is 0.467. The van der Waals surface area contributed by atoms with Crippen LogP contribution in [0.15, 0.2) is 17.2 Å². The topological polar surface area (TPSA) is 63.2 Å². The first-order valence-electron chi connectivity index (χ1n) is 7.15. The molecule has 0 radical (unpaired) electrons. The number of thioether (sulfide) groups is 1. The van der Waals surface area contributed by atoms with Gasteiger partial charge in [-0.05, 0) is 42.7 Å². The number of aromatic nitrogens is 2. The second kappa shape index (κ2) is 5.97. The molecule has 0 N–H and O–H groups in total. The Labute approximate surface area is 127 Å². The molecule has 3 heterocycles. The third kappa shape index (κ3) is 3.32. The quantitative estimate of drug-likeness (QED) is 0.617. The molecule has 2 saturated heterocycles. The van der Waals surface area contributed by atoms with Crippen LogP contribution in [0.4, 0.5) is 5.95 Å². The van der Waals surface area contributed by atoms with Crippen LogP contribution in [0.3, 0.4) is 0 Å². The zero-order chi connectivity index (χ0) is 14.8. The Morgan fingerprint density at radius 1 is 1.33 bits per heavy atom. The minimum atomic E-state index is -0.114. The number of anilines is 1. The minimum Gasteiger partial charge on any atom is -0.341 e. The molecule has 0 amide bonds. The monoisotopic (exact) mass is 303 g/mol. The van der Waals surface area contributed by atoms with Gasteiger partial charge in [-0.1, -0.05) is 6.92 Å². The minimum absolute atomic E-state index is 0.00153. The van der Waals surface area contributed by atoms with Crippen molar-refractivity contribution in [2.24, 2.45) is 5.92 Å². The van der Waals surface area contributed by atoms with Gasteiger partial charge >= 0.3 is 0 Å². The van der Waals surface area contributed by atoms with Crippen LogP contribution in [0.2, 0.25) is 0 Å². The number of carbonyl (C=O) groups excluding carboxylic acids is 2. The van der Waals surface area contributed by atoms with Crippen molar-refractivity contribution in [3.8, 4) is 0 Å². The van der Waals surface area contributed by atoms with Gasteiger partial charge in [0.05, 0.1) is 17.0 Å². The lowest BCUT2D eigenvalue weighted by atomic mass is 10.00. The van der Waals surface area contributed by atoms with E-state index in [1.165, 1.54) is 0 Å². The predicted octanol–water partition coefficient (Wildman–Crippen LogP) is 2.29. The summed E-state index contributed by atoms with van der Waals surface area (Å²) in [6.07, 6.45) is 5.70. The number of carbonyl (C=O) groups is 2. The van der Waals surface area contributed by atoms with E-state index in [0.29, 0.717) is 16.5 Å². The van der Waals surface area contributed by atoms with E-state index >= 15 is 0 Å². The van der Waals surface area contributed by atoms with Crippen LogP contribution in [0, 0.1) is 5.92 Å². The van der Waals surface area contributed by atoms with E-state index in [-0.39, 0.29) is 17.3 Å². The number of hydrogen-bond donors (Lipinski definition) is 0. The average molecular weight is 303 g/mol. The maximum atomic E-state index is 11.6. The maximum absolute atomic E-state index is 11.6. The smallest absolute Gasteiger partial charge is 0.225 e. The Morgan fingerprint density at radius 2 is 2.10 bits per heavy atom. The van der Waals surface area contributed by atoms with Crippen molar-refractivity contribution in [3.63, 3.8) is 0 Å². The molecule has 2 fully saturated rings. The number of hydrogen-bond acceptors (Lipinski definition) is 6. The summed E-state index contributed by atoms with van der Waals surface area (Å²) in [5, 5.41) is -0.0921.